The molecule has 26 heavy (non-hydrogen) atoms. The molecule has 2 aliphatic carbocycles. The first-order valence-electron chi connectivity index (χ1n) is 8.53. The van der Waals surface area contributed by atoms with E-state index in [1.54, 1.807) is 5.56 Å². The maximum atomic E-state index is 8.36. The Morgan fingerprint density at radius 3 is 2.69 bits per heavy atom. The number of fused-ring (bicyclic) bond motifs is 3. The third-order valence-electron chi connectivity index (χ3n) is 4.57. The van der Waals surface area contributed by atoms with Crippen molar-refractivity contribution in [1.82, 2.24) is 0 Å². The van der Waals surface area contributed by atoms with E-state index in [0.717, 1.165) is 23.3 Å². The van der Waals surface area contributed by atoms with Crippen molar-refractivity contribution in [3.63, 3.8) is 0 Å². The molecule has 0 saturated heterocycles. The zero-order valence-electron chi connectivity index (χ0n) is 15.0. The molecule has 0 radical (unpaired) electrons. The molecule has 2 aromatic carbocycles. The van der Waals surface area contributed by atoms with E-state index >= 15 is 0 Å². The Labute approximate surface area is 197 Å². The SMILES string of the molecule is C(=C\COc1ccc2c(c1)CC1CC21)/C[N-]c1ccccc1.O=CO.[K+]. The van der Waals surface area contributed by atoms with Gasteiger partial charge in [0.05, 0.1) is 0 Å². The van der Waals surface area contributed by atoms with Crippen LogP contribution in [-0.2, 0) is 11.2 Å². The van der Waals surface area contributed by atoms with Crippen LogP contribution in [-0.4, -0.2) is 24.7 Å². The number of para-hydroxylation sites is 1. The molecule has 1 N–H and O–H groups in total. The molecule has 0 bridgehead atoms. The fourth-order valence-corrected chi connectivity index (χ4v) is 3.33. The van der Waals surface area contributed by atoms with E-state index in [2.05, 4.69) is 29.6 Å². The van der Waals surface area contributed by atoms with Gasteiger partial charge in [-0.3, -0.25) is 4.79 Å². The normalized spacial score (nSPS) is 18.6. The number of carboxylic acid groups (broad SMARTS) is 1. The van der Waals surface area contributed by atoms with Gasteiger partial charge in [-0.05, 0) is 47.9 Å². The van der Waals surface area contributed by atoms with Crippen LogP contribution >= 0.6 is 0 Å². The molecule has 0 amide bonds. The van der Waals surface area contributed by atoms with Crippen LogP contribution in [0.25, 0.3) is 5.32 Å². The summed E-state index contributed by atoms with van der Waals surface area (Å²) in [6.45, 7) is 1.05. The summed E-state index contributed by atoms with van der Waals surface area (Å²) in [5.74, 6) is 2.79. The number of hydrogen-bond donors (Lipinski definition) is 1. The van der Waals surface area contributed by atoms with Gasteiger partial charge in [-0.25, -0.2) is 0 Å². The summed E-state index contributed by atoms with van der Waals surface area (Å²) in [4.78, 5) is 8.36. The molecule has 2 atom stereocenters. The summed E-state index contributed by atoms with van der Waals surface area (Å²) in [5, 5.41) is 11.4. The number of rotatable bonds is 6. The fraction of sp³-hybridized carbons (Fsp3) is 0.286. The average Bonchev–Trinajstić information content (AvgIpc) is 3.31. The van der Waals surface area contributed by atoms with Crippen LogP contribution in [0.15, 0.2) is 60.7 Å². The second-order valence-electron chi connectivity index (χ2n) is 6.23. The molecule has 4 rings (SSSR count). The fourth-order valence-electron chi connectivity index (χ4n) is 3.33. The second kappa shape index (κ2) is 10.9. The van der Waals surface area contributed by atoms with E-state index in [1.807, 2.05) is 36.4 Å². The summed E-state index contributed by atoms with van der Waals surface area (Å²) < 4.78 is 5.81. The monoisotopic (exact) mass is 375 g/mol. The smallest absolute Gasteiger partial charge is 0.681 e. The van der Waals surface area contributed by atoms with Crippen LogP contribution in [0.3, 0.4) is 0 Å². The van der Waals surface area contributed by atoms with Gasteiger partial charge in [0.1, 0.15) is 12.4 Å². The van der Waals surface area contributed by atoms with Crippen LogP contribution in [0.5, 0.6) is 5.75 Å². The van der Waals surface area contributed by atoms with Gasteiger partial charge in [-0.15, -0.1) is 18.3 Å². The minimum absolute atomic E-state index is 0. The topological polar surface area (TPSA) is 60.6 Å². The van der Waals surface area contributed by atoms with E-state index in [0.29, 0.717) is 13.2 Å². The Hall–Kier alpha value is -1.11. The van der Waals surface area contributed by atoms with Crippen molar-refractivity contribution >= 4 is 12.2 Å². The molecule has 0 aliphatic heterocycles. The molecule has 5 heteroatoms. The quantitative estimate of drug-likeness (QED) is 0.475. The molecule has 130 valence electrons. The average molecular weight is 376 g/mol. The largest absolute Gasteiger partial charge is 1.00 e. The van der Waals surface area contributed by atoms with Gasteiger partial charge in [0.15, 0.2) is 0 Å². The Morgan fingerprint density at radius 2 is 1.92 bits per heavy atom. The standard InChI is InChI=1S/C20H20NO.CH2O2.K/c1-2-6-17(7-3-1)21-10-4-5-11-22-18-8-9-19-15(13-18)12-16-14-20(16)19;2-1-3;/h1-9,13,16,20H,10-12,14H2;1H,(H,2,3);/q-1;;+1/b5-4+;;. The molecule has 2 aliphatic rings. The zero-order chi connectivity index (χ0) is 17.5. The van der Waals surface area contributed by atoms with Gasteiger partial charge in [0, 0.05) is 0 Å². The summed E-state index contributed by atoms with van der Waals surface area (Å²) in [6.07, 6.45) is 6.75. The number of ether oxygens (including phenoxy) is 1. The minimum Gasteiger partial charge on any atom is -0.681 e. The first-order chi connectivity index (χ1) is 12.3. The van der Waals surface area contributed by atoms with Crippen molar-refractivity contribution in [2.24, 2.45) is 5.92 Å². The van der Waals surface area contributed by atoms with Gasteiger partial charge in [0.2, 0.25) is 0 Å². The van der Waals surface area contributed by atoms with E-state index in [4.69, 9.17) is 14.6 Å². The van der Waals surface area contributed by atoms with Crippen molar-refractivity contribution in [1.29, 1.82) is 0 Å². The number of carbonyl (C=O) groups is 1. The maximum absolute atomic E-state index is 8.36. The predicted octanol–water partition coefficient (Wildman–Crippen LogP) is 1.69. The molecular weight excluding hydrogens is 353 g/mol. The number of hydrogen-bond acceptors (Lipinski definition) is 2. The zero-order valence-corrected chi connectivity index (χ0v) is 18.2. The van der Waals surface area contributed by atoms with E-state index in [9.17, 15) is 0 Å². The third kappa shape index (κ3) is 5.96. The van der Waals surface area contributed by atoms with E-state index in [-0.39, 0.29) is 57.9 Å². The summed E-state index contributed by atoms with van der Waals surface area (Å²) in [7, 11) is 0. The summed E-state index contributed by atoms with van der Waals surface area (Å²) >= 11 is 0. The van der Waals surface area contributed by atoms with Gasteiger partial charge in [0.25, 0.3) is 6.47 Å². The predicted molar refractivity (Wildman–Crippen MR) is 98.6 cm³/mol. The molecule has 2 unspecified atom stereocenters. The van der Waals surface area contributed by atoms with Crippen molar-refractivity contribution < 1.29 is 66.0 Å². The van der Waals surface area contributed by atoms with Crippen LogP contribution in [0, 0.1) is 5.92 Å². The van der Waals surface area contributed by atoms with Crippen LogP contribution in [0.2, 0.25) is 0 Å². The van der Waals surface area contributed by atoms with Gasteiger partial charge in [-0.1, -0.05) is 42.5 Å². The minimum atomic E-state index is -0.250. The van der Waals surface area contributed by atoms with Crippen LogP contribution in [0.1, 0.15) is 23.5 Å². The van der Waals surface area contributed by atoms with Crippen molar-refractivity contribution in [3.05, 3.63) is 77.1 Å². The molecule has 4 nitrogen and oxygen atoms in total. The first-order valence-corrected chi connectivity index (χ1v) is 8.53. The van der Waals surface area contributed by atoms with Crippen molar-refractivity contribution in [2.45, 2.75) is 18.8 Å². The van der Waals surface area contributed by atoms with Gasteiger partial charge >= 0.3 is 51.4 Å². The van der Waals surface area contributed by atoms with Crippen molar-refractivity contribution in [2.75, 3.05) is 13.2 Å². The summed E-state index contributed by atoms with van der Waals surface area (Å²) in [5.41, 5.74) is 4.08. The van der Waals surface area contributed by atoms with Crippen LogP contribution < -0.4 is 56.1 Å². The Morgan fingerprint density at radius 1 is 1.15 bits per heavy atom. The summed E-state index contributed by atoms with van der Waals surface area (Å²) in [6, 6.07) is 16.6. The molecule has 0 aromatic heterocycles. The van der Waals surface area contributed by atoms with E-state index < -0.39 is 0 Å². The molecular formula is C21H22KNO3. The molecule has 2 aromatic rings. The van der Waals surface area contributed by atoms with Gasteiger partial charge in [-0.2, -0.15) is 0 Å². The maximum Gasteiger partial charge on any atom is 1.00 e. The Kier molecular flexibility index (Phi) is 8.88. The number of nitrogens with zero attached hydrogens (tertiary/aromatic N) is 1. The van der Waals surface area contributed by atoms with Gasteiger partial charge < -0.3 is 15.2 Å². The Bertz CT molecular complexity index is 733. The first kappa shape index (κ1) is 21.2. The molecule has 0 spiro atoms. The second-order valence-corrected chi connectivity index (χ2v) is 6.23. The molecule has 0 heterocycles. The molecule has 1 saturated carbocycles. The van der Waals surface area contributed by atoms with Crippen molar-refractivity contribution in [3.8, 4) is 5.75 Å². The van der Waals surface area contributed by atoms with E-state index in [1.165, 1.54) is 18.4 Å². The number of benzene rings is 2. The Balaban J connectivity index is 0.000000570. The van der Waals surface area contributed by atoms with Crippen LogP contribution in [0.4, 0.5) is 5.69 Å². The molecule has 1 fully saturated rings. The third-order valence-corrected chi connectivity index (χ3v) is 4.57.